The topological polar surface area (TPSA) is 132 Å². The zero-order valence-corrected chi connectivity index (χ0v) is 14.3. The molecule has 130 valence electrons. The van der Waals surface area contributed by atoms with E-state index in [4.69, 9.17) is 5.73 Å². The number of carbonyl (C=O) groups is 1. The summed E-state index contributed by atoms with van der Waals surface area (Å²) in [7, 11) is 0. The van der Waals surface area contributed by atoms with E-state index in [1.165, 1.54) is 6.20 Å². The second kappa shape index (κ2) is 5.32. The Morgan fingerprint density at radius 2 is 2.08 bits per heavy atom. The summed E-state index contributed by atoms with van der Waals surface area (Å²) in [5, 5.41) is 10.1. The Balaban J connectivity index is 1.16. The first-order valence-corrected chi connectivity index (χ1v) is 9.25. The molecule has 9 nitrogen and oxygen atoms in total. The summed E-state index contributed by atoms with van der Waals surface area (Å²) in [5.41, 5.74) is 6.05. The van der Waals surface area contributed by atoms with Gasteiger partial charge in [-0.15, -0.1) is 5.10 Å². The molecule has 1 unspecified atom stereocenters. The second-order valence-electron chi connectivity index (χ2n) is 7.27. The molecule has 3 aliphatic carbocycles. The van der Waals surface area contributed by atoms with Crippen molar-refractivity contribution in [3.05, 3.63) is 16.9 Å². The van der Waals surface area contributed by atoms with Crippen LogP contribution in [-0.4, -0.2) is 42.5 Å². The Morgan fingerprint density at radius 1 is 1.24 bits per heavy atom. The molecule has 1 spiro atoms. The second-order valence-corrected chi connectivity index (χ2v) is 8.06. The van der Waals surface area contributed by atoms with Crippen molar-refractivity contribution in [1.29, 1.82) is 0 Å². The number of nitrogen functional groups attached to an aromatic ring is 1. The van der Waals surface area contributed by atoms with Crippen LogP contribution in [0.4, 0.5) is 11.9 Å². The number of amides is 1. The lowest BCUT2D eigenvalue weighted by atomic mass is 9.76. The van der Waals surface area contributed by atoms with E-state index in [1.54, 1.807) is 0 Å². The molecule has 3 fully saturated rings. The van der Waals surface area contributed by atoms with Crippen LogP contribution in [0.5, 0.6) is 0 Å². The van der Waals surface area contributed by atoms with Gasteiger partial charge in [-0.1, -0.05) is 4.49 Å². The molecule has 3 aliphatic rings. The van der Waals surface area contributed by atoms with Crippen LogP contribution in [0.3, 0.4) is 0 Å². The molecule has 3 saturated carbocycles. The van der Waals surface area contributed by atoms with Gasteiger partial charge in [0, 0.05) is 18.0 Å². The molecule has 25 heavy (non-hydrogen) atoms. The van der Waals surface area contributed by atoms with Gasteiger partial charge in [0.25, 0.3) is 5.91 Å². The van der Waals surface area contributed by atoms with Crippen LogP contribution in [-0.2, 0) is 0 Å². The highest BCUT2D eigenvalue weighted by atomic mass is 32.1. The van der Waals surface area contributed by atoms with Gasteiger partial charge in [0.2, 0.25) is 11.9 Å². The van der Waals surface area contributed by atoms with Crippen molar-refractivity contribution in [2.45, 2.75) is 50.1 Å². The lowest BCUT2D eigenvalue weighted by molar-refractivity contribution is 0.0879. The van der Waals surface area contributed by atoms with E-state index in [9.17, 15) is 4.79 Å². The van der Waals surface area contributed by atoms with Crippen LogP contribution in [0.1, 0.15) is 53.5 Å². The maximum atomic E-state index is 12.0. The molecule has 2 heterocycles. The maximum absolute atomic E-state index is 12.0. The summed E-state index contributed by atoms with van der Waals surface area (Å²) < 4.78 is 3.72. The van der Waals surface area contributed by atoms with Gasteiger partial charge in [-0.25, -0.2) is 0 Å². The number of carbonyl (C=O) groups excluding carboxylic acids is 1. The number of nitrogens with two attached hydrogens (primary N) is 1. The third-order valence-corrected chi connectivity index (χ3v) is 6.00. The third-order valence-electron chi connectivity index (χ3n) is 5.33. The quantitative estimate of drug-likeness (QED) is 0.720. The molecule has 0 aromatic carbocycles. The number of rotatable bonds is 5. The average Bonchev–Trinajstić information content (AvgIpc) is 3.44. The fraction of sp³-hybridized carbons (Fsp3) is 0.600. The van der Waals surface area contributed by atoms with E-state index < -0.39 is 0 Å². The van der Waals surface area contributed by atoms with Crippen LogP contribution in [0.2, 0.25) is 0 Å². The predicted molar refractivity (Wildman–Crippen MR) is 91.1 cm³/mol. The largest absolute Gasteiger partial charge is 0.368 e. The van der Waals surface area contributed by atoms with Gasteiger partial charge in [-0.3, -0.25) is 4.79 Å². The summed E-state index contributed by atoms with van der Waals surface area (Å²) >= 11 is 1.12. The molecular weight excluding hydrogens is 340 g/mol. The van der Waals surface area contributed by atoms with Gasteiger partial charge in [0.05, 0.1) is 6.20 Å². The van der Waals surface area contributed by atoms with E-state index in [1.807, 2.05) is 0 Å². The summed E-state index contributed by atoms with van der Waals surface area (Å²) in [6.07, 6.45) is 6.78. The first-order chi connectivity index (χ1) is 12.1. The molecule has 0 radical (unpaired) electrons. The van der Waals surface area contributed by atoms with E-state index in [0.29, 0.717) is 22.8 Å². The molecule has 2 aromatic rings. The monoisotopic (exact) mass is 358 g/mol. The molecule has 1 atom stereocenters. The zero-order valence-electron chi connectivity index (χ0n) is 13.5. The van der Waals surface area contributed by atoms with Crippen LogP contribution in [0, 0.1) is 5.41 Å². The first kappa shape index (κ1) is 14.9. The molecule has 10 heteroatoms. The summed E-state index contributed by atoms with van der Waals surface area (Å²) in [4.78, 5) is 25.5. The minimum atomic E-state index is -0.0840. The van der Waals surface area contributed by atoms with Crippen LogP contribution < -0.4 is 16.4 Å². The molecular formula is C15H18N8OS. The Hall–Kier alpha value is -2.36. The Morgan fingerprint density at radius 3 is 2.80 bits per heavy atom. The molecule has 5 rings (SSSR count). The number of anilines is 2. The standard InChI is InChI=1S/C15H18N8OS/c16-13-20-11(7-1-2-7)21-14(22-13)19-10-5-15(10)3-8(4-15)18-12(24)9-6-17-23-25-9/h6-8,10H,1-5H2,(H,18,24)(H3,16,19,20,21,22). The van der Waals surface area contributed by atoms with Gasteiger partial charge in [0.15, 0.2) is 0 Å². The lowest BCUT2D eigenvalue weighted by Crippen LogP contribution is -2.47. The smallest absolute Gasteiger partial charge is 0.264 e. The molecule has 1 amide bonds. The maximum Gasteiger partial charge on any atom is 0.264 e. The van der Waals surface area contributed by atoms with E-state index in [0.717, 1.165) is 49.5 Å². The highest BCUT2D eigenvalue weighted by Crippen LogP contribution is 2.61. The average molecular weight is 358 g/mol. The Labute approximate surface area is 148 Å². The van der Waals surface area contributed by atoms with Gasteiger partial charge in [-0.2, -0.15) is 15.0 Å². The van der Waals surface area contributed by atoms with Gasteiger partial charge >= 0.3 is 0 Å². The van der Waals surface area contributed by atoms with Crippen molar-refractivity contribution in [1.82, 2.24) is 29.9 Å². The van der Waals surface area contributed by atoms with Crippen molar-refractivity contribution in [2.24, 2.45) is 5.41 Å². The van der Waals surface area contributed by atoms with Crippen molar-refractivity contribution >= 4 is 29.3 Å². The fourth-order valence-corrected chi connectivity index (χ4v) is 4.12. The van der Waals surface area contributed by atoms with Gasteiger partial charge in [0.1, 0.15) is 10.7 Å². The third kappa shape index (κ3) is 2.80. The summed E-state index contributed by atoms with van der Waals surface area (Å²) in [6.45, 7) is 0. The normalized spacial score (nSPS) is 29.9. The minimum Gasteiger partial charge on any atom is -0.368 e. The number of hydrogen-bond acceptors (Lipinski definition) is 9. The highest BCUT2D eigenvalue weighted by Gasteiger charge is 2.62. The highest BCUT2D eigenvalue weighted by molar-refractivity contribution is 7.07. The van der Waals surface area contributed by atoms with Crippen LogP contribution >= 0.6 is 11.5 Å². The number of hydrogen-bond donors (Lipinski definition) is 3. The van der Waals surface area contributed by atoms with Gasteiger partial charge < -0.3 is 16.4 Å². The lowest BCUT2D eigenvalue weighted by Gasteiger charge is -2.37. The summed E-state index contributed by atoms with van der Waals surface area (Å²) in [5.74, 6) is 2.04. The van der Waals surface area contributed by atoms with Crippen molar-refractivity contribution in [2.75, 3.05) is 11.1 Å². The van der Waals surface area contributed by atoms with Crippen LogP contribution in [0.25, 0.3) is 0 Å². The van der Waals surface area contributed by atoms with Crippen molar-refractivity contribution in [3.63, 3.8) is 0 Å². The minimum absolute atomic E-state index is 0.0840. The van der Waals surface area contributed by atoms with Gasteiger partial charge in [-0.05, 0) is 49.1 Å². The Bertz CT molecular complexity index is 815. The van der Waals surface area contributed by atoms with Crippen LogP contribution in [0.15, 0.2) is 6.20 Å². The molecule has 0 saturated heterocycles. The fourth-order valence-electron chi connectivity index (χ4n) is 3.70. The Kier molecular flexibility index (Phi) is 3.18. The SMILES string of the molecule is Nc1nc(NC2CC23CC(NC(=O)c2cnns2)C3)nc(C2CC2)n1. The number of aromatic nitrogens is 5. The van der Waals surface area contributed by atoms with E-state index >= 15 is 0 Å². The van der Waals surface area contributed by atoms with Crippen molar-refractivity contribution < 1.29 is 4.79 Å². The number of nitrogens with one attached hydrogen (secondary N) is 2. The number of nitrogens with zero attached hydrogens (tertiary/aromatic N) is 5. The molecule has 0 aliphatic heterocycles. The molecule has 0 bridgehead atoms. The molecule has 4 N–H and O–H groups in total. The molecule has 2 aromatic heterocycles. The zero-order chi connectivity index (χ0) is 17.0. The first-order valence-electron chi connectivity index (χ1n) is 8.47. The predicted octanol–water partition coefficient (Wildman–Crippen LogP) is 0.946. The summed E-state index contributed by atoms with van der Waals surface area (Å²) in [6, 6.07) is 0.562. The van der Waals surface area contributed by atoms with Crippen molar-refractivity contribution in [3.8, 4) is 0 Å². The van der Waals surface area contributed by atoms with E-state index in [2.05, 4.69) is 35.2 Å². The van der Waals surface area contributed by atoms with E-state index in [-0.39, 0.29) is 23.3 Å².